The molecule has 0 saturated carbocycles. The molecule has 6 heteroatoms. The second kappa shape index (κ2) is 6.87. The van der Waals surface area contributed by atoms with Crippen LogP contribution < -0.4 is 11.2 Å². The second-order valence-corrected chi connectivity index (χ2v) is 7.75. The first kappa shape index (κ1) is 18.4. The van der Waals surface area contributed by atoms with Gasteiger partial charge in [-0.1, -0.05) is 36.4 Å². The number of pyridine rings is 1. The van der Waals surface area contributed by atoms with Gasteiger partial charge in [0.25, 0.3) is 5.56 Å². The number of rotatable bonds is 4. The van der Waals surface area contributed by atoms with Crippen LogP contribution in [0.1, 0.15) is 30.7 Å². The molecule has 1 aliphatic heterocycles. The molecule has 144 valence electrons. The average Bonchev–Trinajstić information content (AvgIpc) is 2.67. The van der Waals surface area contributed by atoms with Gasteiger partial charge in [-0.15, -0.1) is 6.58 Å². The highest BCUT2D eigenvalue weighted by atomic mass is 16.5. The molecule has 6 nitrogen and oxygen atoms in total. The van der Waals surface area contributed by atoms with Gasteiger partial charge >= 0.3 is 5.69 Å². The molecule has 0 aliphatic carbocycles. The van der Waals surface area contributed by atoms with Crippen LogP contribution in [0.2, 0.25) is 0 Å². The van der Waals surface area contributed by atoms with Gasteiger partial charge in [0.1, 0.15) is 5.65 Å². The zero-order valence-corrected chi connectivity index (χ0v) is 16.1. The predicted molar refractivity (Wildman–Crippen MR) is 109 cm³/mol. The third-order valence-electron chi connectivity index (χ3n) is 5.07. The fourth-order valence-electron chi connectivity index (χ4n) is 3.62. The minimum absolute atomic E-state index is 0.214. The van der Waals surface area contributed by atoms with Crippen LogP contribution in [0.4, 0.5) is 0 Å². The first-order valence-corrected chi connectivity index (χ1v) is 9.34. The van der Waals surface area contributed by atoms with Crippen molar-refractivity contribution in [3.05, 3.63) is 86.7 Å². The summed E-state index contributed by atoms with van der Waals surface area (Å²) in [6.45, 7) is 8.69. The highest BCUT2D eigenvalue weighted by molar-refractivity contribution is 5.75. The average molecular weight is 377 g/mol. The van der Waals surface area contributed by atoms with Crippen molar-refractivity contribution in [3.8, 4) is 0 Å². The zero-order valence-electron chi connectivity index (χ0n) is 16.1. The molecular weight excluding hydrogens is 354 g/mol. The minimum Gasteiger partial charge on any atom is -0.370 e. The highest BCUT2D eigenvalue weighted by Gasteiger charge is 2.28. The van der Waals surface area contributed by atoms with E-state index in [2.05, 4.69) is 6.58 Å². The van der Waals surface area contributed by atoms with E-state index in [0.29, 0.717) is 24.1 Å². The number of hydrogen-bond acceptors (Lipinski definition) is 4. The summed E-state index contributed by atoms with van der Waals surface area (Å²) in [4.78, 5) is 31.0. The fraction of sp³-hybridized carbons (Fsp3) is 0.318. The number of aromatic nitrogens is 3. The van der Waals surface area contributed by atoms with Gasteiger partial charge in [0.15, 0.2) is 0 Å². The topological polar surface area (TPSA) is 66.1 Å². The second-order valence-electron chi connectivity index (χ2n) is 7.75. The molecule has 0 spiro atoms. The predicted octanol–water partition coefficient (Wildman–Crippen LogP) is 2.64. The molecule has 0 saturated heterocycles. The van der Waals surface area contributed by atoms with Gasteiger partial charge in [-0.2, -0.15) is 0 Å². The summed E-state index contributed by atoms with van der Waals surface area (Å²) in [6.07, 6.45) is 2.28. The maximum atomic E-state index is 13.2. The largest absolute Gasteiger partial charge is 0.370 e. The van der Waals surface area contributed by atoms with E-state index in [1.165, 1.54) is 9.13 Å². The zero-order chi connectivity index (χ0) is 19.9. The van der Waals surface area contributed by atoms with Crippen molar-refractivity contribution in [2.24, 2.45) is 0 Å². The molecule has 0 N–H and O–H groups in total. The molecule has 0 bridgehead atoms. The lowest BCUT2D eigenvalue weighted by atomic mass is 9.95. The van der Waals surface area contributed by atoms with Gasteiger partial charge in [-0.05, 0) is 25.5 Å². The summed E-state index contributed by atoms with van der Waals surface area (Å²) in [5, 5.41) is 0.430. The lowest BCUT2D eigenvalue weighted by molar-refractivity contribution is -0.0411. The number of fused-ring (bicyclic) bond motifs is 2. The summed E-state index contributed by atoms with van der Waals surface area (Å²) in [7, 11) is 0. The quantitative estimate of drug-likeness (QED) is 0.656. The number of allylic oxidation sites excluding steroid dienone is 1. The Morgan fingerprint density at radius 1 is 1.21 bits per heavy atom. The molecule has 28 heavy (non-hydrogen) atoms. The van der Waals surface area contributed by atoms with E-state index in [9.17, 15) is 9.59 Å². The summed E-state index contributed by atoms with van der Waals surface area (Å²) in [5.41, 5.74) is 2.06. The minimum atomic E-state index is -0.375. The van der Waals surface area contributed by atoms with E-state index in [1.54, 1.807) is 6.08 Å². The van der Waals surface area contributed by atoms with Crippen LogP contribution in [-0.4, -0.2) is 19.7 Å². The molecule has 3 heterocycles. The van der Waals surface area contributed by atoms with Crippen LogP contribution in [0, 0.1) is 0 Å². The number of nitrogens with zero attached hydrogens (tertiary/aromatic N) is 3. The molecule has 0 fully saturated rings. The third-order valence-corrected chi connectivity index (χ3v) is 5.07. The normalized spacial score (nSPS) is 15.4. The van der Waals surface area contributed by atoms with Crippen molar-refractivity contribution in [1.29, 1.82) is 0 Å². The smallest absolute Gasteiger partial charge is 0.333 e. The molecular formula is C22H23N3O3. The fourth-order valence-corrected chi connectivity index (χ4v) is 3.62. The van der Waals surface area contributed by atoms with Crippen molar-refractivity contribution >= 4 is 11.0 Å². The van der Waals surface area contributed by atoms with E-state index in [-0.39, 0.29) is 29.9 Å². The Labute approximate surface area is 162 Å². The lowest BCUT2D eigenvalue weighted by Gasteiger charge is -2.31. The number of ether oxygens (including phenoxy) is 1. The van der Waals surface area contributed by atoms with Gasteiger partial charge in [-0.3, -0.25) is 13.9 Å². The Bertz CT molecular complexity index is 1170. The van der Waals surface area contributed by atoms with Crippen LogP contribution >= 0.6 is 0 Å². The SMILES string of the molecule is C=CCn1c(=O)n(Cc2ccccc2)c(=O)c2cc3c(nc21)CC(C)(C)OC3. The van der Waals surface area contributed by atoms with E-state index < -0.39 is 0 Å². The number of hydrogen-bond donors (Lipinski definition) is 0. The Kier molecular flexibility index (Phi) is 4.51. The molecule has 1 aliphatic rings. The Hall–Kier alpha value is -2.99. The Balaban J connectivity index is 1.96. The van der Waals surface area contributed by atoms with E-state index in [1.807, 2.05) is 50.2 Å². The summed E-state index contributed by atoms with van der Waals surface area (Å²) in [6, 6.07) is 11.3. The molecule has 1 aromatic carbocycles. The molecule has 3 aromatic rings. The monoisotopic (exact) mass is 377 g/mol. The molecule has 0 amide bonds. The van der Waals surface area contributed by atoms with Crippen molar-refractivity contribution in [2.45, 2.75) is 45.6 Å². The Morgan fingerprint density at radius 2 is 1.96 bits per heavy atom. The van der Waals surface area contributed by atoms with Gasteiger partial charge in [-0.25, -0.2) is 9.78 Å². The van der Waals surface area contributed by atoms with Crippen molar-refractivity contribution < 1.29 is 4.74 Å². The maximum Gasteiger partial charge on any atom is 0.333 e. The highest BCUT2D eigenvalue weighted by Crippen LogP contribution is 2.27. The Morgan fingerprint density at radius 3 is 2.68 bits per heavy atom. The van der Waals surface area contributed by atoms with Gasteiger partial charge in [0.2, 0.25) is 0 Å². The summed E-state index contributed by atoms with van der Waals surface area (Å²) < 4.78 is 8.66. The maximum absolute atomic E-state index is 13.2. The van der Waals surface area contributed by atoms with Crippen LogP contribution in [0.5, 0.6) is 0 Å². The van der Waals surface area contributed by atoms with Crippen molar-refractivity contribution in [1.82, 2.24) is 14.1 Å². The number of benzene rings is 1. The van der Waals surface area contributed by atoms with Gasteiger partial charge in [0, 0.05) is 18.5 Å². The van der Waals surface area contributed by atoms with Crippen molar-refractivity contribution in [2.75, 3.05) is 0 Å². The van der Waals surface area contributed by atoms with Crippen molar-refractivity contribution in [3.63, 3.8) is 0 Å². The lowest BCUT2D eigenvalue weighted by Crippen LogP contribution is -2.41. The van der Waals surface area contributed by atoms with Gasteiger partial charge < -0.3 is 4.74 Å². The standard InChI is InChI=1S/C22H23N3O3/c1-4-10-24-19-17(11-16-14-28-22(2,3)12-18(16)23-19)20(26)25(21(24)27)13-15-8-6-5-7-9-15/h4-9,11H,1,10,12-14H2,2-3H3. The third kappa shape index (κ3) is 3.20. The summed E-state index contributed by atoms with van der Waals surface area (Å²) in [5.74, 6) is 0. The van der Waals surface area contributed by atoms with Crippen LogP contribution in [-0.2, 0) is 30.9 Å². The van der Waals surface area contributed by atoms with Crippen LogP contribution in [0.15, 0.2) is 58.6 Å². The molecule has 0 radical (unpaired) electrons. The van der Waals surface area contributed by atoms with E-state index in [0.717, 1.165) is 16.8 Å². The molecule has 4 rings (SSSR count). The van der Waals surface area contributed by atoms with Crippen LogP contribution in [0.25, 0.3) is 11.0 Å². The molecule has 0 unspecified atom stereocenters. The van der Waals surface area contributed by atoms with Gasteiger partial charge in [0.05, 0.1) is 29.8 Å². The first-order chi connectivity index (χ1) is 13.4. The van der Waals surface area contributed by atoms with E-state index in [4.69, 9.17) is 9.72 Å². The van der Waals surface area contributed by atoms with E-state index >= 15 is 0 Å². The summed E-state index contributed by atoms with van der Waals surface area (Å²) >= 11 is 0. The first-order valence-electron chi connectivity index (χ1n) is 9.34. The molecule has 0 atom stereocenters. The van der Waals surface area contributed by atoms with Crippen LogP contribution in [0.3, 0.4) is 0 Å². The molecule has 2 aromatic heterocycles.